The fourth-order valence-electron chi connectivity index (χ4n) is 3.45. The van der Waals surface area contributed by atoms with Crippen LogP contribution in [0.5, 0.6) is 0 Å². The maximum atomic E-state index is 13.1. The van der Waals surface area contributed by atoms with Crippen LogP contribution >= 0.6 is 0 Å². The fourth-order valence-corrected chi connectivity index (χ4v) is 4.69. The molecule has 5 rings (SSSR count). The first kappa shape index (κ1) is 16.2. The first-order valence-corrected chi connectivity index (χ1v) is 10.3. The molecule has 0 saturated heterocycles. The second-order valence-corrected chi connectivity index (χ2v) is 8.39. The van der Waals surface area contributed by atoms with Crippen molar-refractivity contribution in [3.63, 3.8) is 0 Å². The average Bonchev–Trinajstić information content (AvgIpc) is 3.04. The molecule has 0 amide bonds. The van der Waals surface area contributed by atoms with E-state index in [4.69, 9.17) is 0 Å². The molecule has 1 fully saturated rings. The zero-order chi connectivity index (χ0) is 18.4. The first-order valence-electron chi connectivity index (χ1n) is 8.84. The van der Waals surface area contributed by atoms with E-state index in [9.17, 15) is 8.42 Å². The number of para-hydroxylation sites is 1. The SMILES string of the molecule is O=S(=O)(Nc1cccn2c(C3CCC3)nnc12)c1cccc2cccnc12. The van der Waals surface area contributed by atoms with E-state index in [1.807, 2.05) is 22.7 Å². The molecule has 0 bridgehead atoms. The van der Waals surface area contributed by atoms with Crippen LogP contribution in [-0.4, -0.2) is 28.0 Å². The molecule has 8 heteroatoms. The molecule has 1 saturated carbocycles. The molecule has 3 aromatic heterocycles. The lowest BCUT2D eigenvalue weighted by Gasteiger charge is -2.23. The Morgan fingerprint density at radius 1 is 1.04 bits per heavy atom. The van der Waals surface area contributed by atoms with Gasteiger partial charge in [0.15, 0.2) is 5.65 Å². The second-order valence-electron chi connectivity index (χ2n) is 6.74. The van der Waals surface area contributed by atoms with Crippen LogP contribution in [0, 0.1) is 0 Å². The summed E-state index contributed by atoms with van der Waals surface area (Å²) in [6.07, 6.45) is 6.85. The predicted octanol–water partition coefficient (Wildman–Crippen LogP) is 3.35. The van der Waals surface area contributed by atoms with E-state index in [0.717, 1.165) is 24.1 Å². The van der Waals surface area contributed by atoms with Crippen molar-refractivity contribution >= 4 is 32.3 Å². The molecule has 0 radical (unpaired) electrons. The van der Waals surface area contributed by atoms with Crippen molar-refractivity contribution in [2.24, 2.45) is 0 Å². The van der Waals surface area contributed by atoms with Crippen LogP contribution in [0.4, 0.5) is 5.69 Å². The Hall–Kier alpha value is -3.00. The monoisotopic (exact) mass is 379 g/mol. The van der Waals surface area contributed by atoms with Gasteiger partial charge in [-0.3, -0.25) is 14.1 Å². The number of sulfonamides is 1. The van der Waals surface area contributed by atoms with E-state index in [2.05, 4.69) is 19.9 Å². The van der Waals surface area contributed by atoms with Crippen LogP contribution in [0.15, 0.2) is 59.8 Å². The fraction of sp³-hybridized carbons (Fsp3) is 0.211. The number of hydrogen-bond donors (Lipinski definition) is 1. The number of rotatable bonds is 4. The summed E-state index contributed by atoms with van der Waals surface area (Å²) < 4.78 is 30.7. The number of pyridine rings is 2. The summed E-state index contributed by atoms with van der Waals surface area (Å²) in [6, 6.07) is 12.2. The van der Waals surface area contributed by atoms with E-state index in [1.54, 1.807) is 36.5 Å². The minimum absolute atomic E-state index is 0.140. The number of nitrogens with zero attached hydrogens (tertiary/aromatic N) is 4. The topological polar surface area (TPSA) is 89.2 Å². The summed E-state index contributed by atoms with van der Waals surface area (Å²) >= 11 is 0. The predicted molar refractivity (Wildman–Crippen MR) is 102 cm³/mol. The number of fused-ring (bicyclic) bond motifs is 2. The highest BCUT2D eigenvalue weighted by Crippen LogP contribution is 2.36. The molecule has 136 valence electrons. The van der Waals surface area contributed by atoms with Gasteiger partial charge in [0.2, 0.25) is 0 Å². The molecule has 3 heterocycles. The van der Waals surface area contributed by atoms with Gasteiger partial charge in [-0.1, -0.05) is 24.6 Å². The second kappa shape index (κ2) is 6.02. The van der Waals surface area contributed by atoms with Gasteiger partial charge >= 0.3 is 0 Å². The molecule has 0 spiro atoms. The number of benzene rings is 1. The van der Waals surface area contributed by atoms with Crippen molar-refractivity contribution in [2.45, 2.75) is 30.1 Å². The molecule has 1 aromatic carbocycles. The Morgan fingerprint density at radius 3 is 2.70 bits per heavy atom. The van der Waals surface area contributed by atoms with E-state index in [1.165, 1.54) is 6.42 Å². The Bertz CT molecular complexity index is 1260. The summed E-state index contributed by atoms with van der Waals surface area (Å²) in [4.78, 5) is 4.39. The van der Waals surface area contributed by atoms with Crippen LogP contribution in [0.1, 0.15) is 31.0 Å². The molecule has 1 aliphatic rings. The lowest BCUT2D eigenvalue weighted by molar-refractivity contribution is 0.399. The van der Waals surface area contributed by atoms with Crippen LogP contribution in [0.3, 0.4) is 0 Å². The number of aromatic nitrogens is 4. The molecule has 0 atom stereocenters. The van der Waals surface area contributed by atoms with E-state index in [-0.39, 0.29) is 4.90 Å². The molecular weight excluding hydrogens is 362 g/mol. The van der Waals surface area contributed by atoms with Gasteiger partial charge in [-0.2, -0.15) is 0 Å². The van der Waals surface area contributed by atoms with E-state index >= 15 is 0 Å². The van der Waals surface area contributed by atoms with Crippen molar-refractivity contribution < 1.29 is 8.42 Å². The molecule has 1 aliphatic carbocycles. The van der Waals surface area contributed by atoms with Gasteiger partial charge in [0.1, 0.15) is 10.7 Å². The van der Waals surface area contributed by atoms with Gasteiger partial charge in [0, 0.05) is 23.7 Å². The number of nitrogens with one attached hydrogen (secondary N) is 1. The Morgan fingerprint density at radius 2 is 1.89 bits per heavy atom. The highest BCUT2D eigenvalue weighted by molar-refractivity contribution is 7.93. The molecule has 1 N–H and O–H groups in total. The van der Waals surface area contributed by atoms with Crippen LogP contribution in [0.25, 0.3) is 16.6 Å². The molecule has 4 aromatic rings. The maximum absolute atomic E-state index is 13.1. The molecule has 7 nitrogen and oxygen atoms in total. The highest BCUT2D eigenvalue weighted by Gasteiger charge is 2.26. The standard InChI is InChI=1S/C19H17N5O2S/c25-27(26,16-10-2-5-13-8-3-11-20-17(13)16)23-15-9-4-12-24-18(14-6-1-7-14)21-22-19(15)24/h2-5,8-12,14,23H,1,6-7H2. The average molecular weight is 379 g/mol. The van der Waals surface area contributed by atoms with Crippen molar-refractivity contribution in [3.8, 4) is 0 Å². The maximum Gasteiger partial charge on any atom is 0.264 e. The summed E-state index contributed by atoms with van der Waals surface area (Å²) in [5.74, 6) is 1.29. The molecular formula is C19H17N5O2S. The quantitative estimate of drug-likeness (QED) is 0.587. The summed E-state index contributed by atoms with van der Waals surface area (Å²) in [6.45, 7) is 0. The third-order valence-corrected chi connectivity index (χ3v) is 6.46. The van der Waals surface area contributed by atoms with Gasteiger partial charge in [-0.25, -0.2) is 8.42 Å². The summed E-state index contributed by atoms with van der Waals surface area (Å²) in [5, 5.41) is 9.30. The largest absolute Gasteiger partial charge is 0.284 e. The van der Waals surface area contributed by atoms with Crippen LogP contribution in [-0.2, 0) is 10.0 Å². The molecule has 27 heavy (non-hydrogen) atoms. The lowest BCUT2D eigenvalue weighted by atomic mass is 9.85. The van der Waals surface area contributed by atoms with Gasteiger partial charge in [-0.05, 0) is 37.1 Å². The van der Waals surface area contributed by atoms with Gasteiger partial charge in [0.25, 0.3) is 10.0 Å². The van der Waals surface area contributed by atoms with Gasteiger partial charge in [0.05, 0.1) is 11.2 Å². The van der Waals surface area contributed by atoms with Crippen LogP contribution < -0.4 is 4.72 Å². The van der Waals surface area contributed by atoms with E-state index in [0.29, 0.717) is 22.8 Å². The zero-order valence-electron chi connectivity index (χ0n) is 14.4. The zero-order valence-corrected chi connectivity index (χ0v) is 15.2. The van der Waals surface area contributed by atoms with Crippen LogP contribution in [0.2, 0.25) is 0 Å². The lowest BCUT2D eigenvalue weighted by Crippen LogP contribution is -2.15. The normalized spacial score (nSPS) is 15.1. The third-order valence-electron chi connectivity index (χ3n) is 5.06. The summed E-state index contributed by atoms with van der Waals surface area (Å²) in [7, 11) is -3.83. The van der Waals surface area contributed by atoms with E-state index < -0.39 is 10.0 Å². The third kappa shape index (κ3) is 2.64. The minimum atomic E-state index is -3.83. The molecule has 0 aliphatic heterocycles. The first-order chi connectivity index (χ1) is 13.1. The molecule has 0 unspecified atom stereocenters. The van der Waals surface area contributed by atoms with Crippen molar-refractivity contribution in [1.29, 1.82) is 0 Å². The van der Waals surface area contributed by atoms with Crippen molar-refractivity contribution in [2.75, 3.05) is 4.72 Å². The van der Waals surface area contributed by atoms with Crippen molar-refractivity contribution in [1.82, 2.24) is 19.6 Å². The minimum Gasteiger partial charge on any atom is -0.284 e. The number of hydrogen-bond acceptors (Lipinski definition) is 5. The van der Waals surface area contributed by atoms with Crippen molar-refractivity contribution in [3.05, 3.63) is 60.7 Å². The Balaban J connectivity index is 1.59. The Kier molecular flexibility index (Phi) is 3.61. The summed E-state index contributed by atoms with van der Waals surface area (Å²) in [5.41, 5.74) is 1.36. The highest BCUT2D eigenvalue weighted by atomic mass is 32.2. The van der Waals surface area contributed by atoms with Gasteiger partial charge < -0.3 is 0 Å². The smallest absolute Gasteiger partial charge is 0.264 e. The number of anilines is 1. The van der Waals surface area contributed by atoms with Gasteiger partial charge in [-0.15, -0.1) is 10.2 Å². The Labute approximate surface area is 156 Å².